The molecular weight excluding hydrogens is 281 g/mol. The van der Waals surface area contributed by atoms with E-state index in [9.17, 15) is 21.6 Å². The summed E-state index contributed by atoms with van der Waals surface area (Å²) in [5.41, 5.74) is -0.542. The van der Waals surface area contributed by atoms with Crippen molar-refractivity contribution in [3.05, 3.63) is 35.4 Å². The van der Waals surface area contributed by atoms with Crippen LogP contribution in [0.5, 0.6) is 0 Å². The summed E-state index contributed by atoms with van der Waals surface area (Å²) in [6.07, 6.45) is -3.89. The first-order valence-corrected chi connectivity index (χ1v) is 7.21. The second-order valence-electron chi connectivity index (χ2n) is 4.08. The van der Waals surface area contributed by atoms with Gasteiger partial charge in [-0.1, -0.05) is 19.1 Å². The Labute approximate surface area is 110 Å². The van der Waals surface area contributed by atoms with Crippen LogP contribution < -0.4 is 0 Å². The molecule has 0 heterocycles. The van der Waals surface area contributed by atoms with Crippen molar-refractivity contribution < 1.29 is 25.8 Å². The topological polar surface area (TPSA) is 43.4 Å². The molecule has 0 aliphatic heterocycles. The van der Waals surface area contributed by atoms with Crippen LogP contribution in [0.1, 0.15) is 36.6 Å². The molecule has 108 valence electrons. The summed E-state index contributed by atoms with van der Waals surface area (Å²) < 4.78 is 65.3. The Morgan fingerprint density at radius 1 is 1.21 bits per heavy atom. The molecule has 0 spiro atoms. The van der Waals surface area contributed by atoms with Crippen LogP contribution in [-0.4, -0.2) is 15.0 Å². The smallest absolute Gasteiger partial charge is 0.270 e. The van der Waals surface area contributed by atoms with Gasteiger partial charge in [0.1, 0.15) is 5.25 Å². The fourth-order valence-electron chi connectivity index (χ4n) is 1.41. The Morgan fingerprint density at radius 3 is 2.16 bits per heavy atom. The molecule has 0 N–H and O–H groups in total. The number of hydrogen-bond acceptors (Lipinski definition) is 3. The van der Waals surface area contributed by atoms with Gasteiger partial charge in [0, 0.05) is 0 Å². The van der Waals surface area contributed by atoms with Crippen molar-refractivity contribution in [2.45, 2.75) is 31.7 Å². The Hall–Kier alpha value is -1.08. The molecule has 0 aliphatic rings. The highest BCUT2D eigenvalue weighted by Crippen LogP contribution is 2.31. The monoisotopic (exact) mass is 296 g/mol. The van der Waals surface area contributed by atoms with Gasteiger partial charge in [-0.3, -0.25) is 4.18 Å². The largest absolute Gasteiger partial charge is 0.416 e. The van der Waals surface area contributed by atoms with Crippen LogP contribution in [0.3, 0.4) is 0 Å². The molecule has 0 radical (unpaired) electrons. The highest BCUT2D eigenvalue weighted by Gasteiger charge is 2.31. The maximum absolute atomic E-state index is 12.4. The van der Waals surface area contributed by atoms with E-state index in [2.05, 4.69) is 0 Å². The molecule has 0 saturated carbocycles. The van der Waals surface area contributed by atoms with E-state index >= 15 is 0 Å². The molecule has 1 aromatic rings. The zero-order valence-electron chi connectivity index (χ0n) is 10.6. The third kappa shape index (κ3) is 4.21. The van der Waals surface area contributed by atoms with Gasteiger partial charge < -0.3 is 0 Å². The lowest BCUT2D eigenvalue weighted by molar-refractivity contribution is -0.137. The predicted octanol–water partition coefficient (Wildman–Crippen LogP) is 3.52. The van der Waals surface area contributed by atoms with Gasteiger partial charge in [-0.25, -0.2) is 0 Å². The van der Waals surface area contributed by atoms with Gasteiger partial charge in [-0.15, -0.1) is 0 Å². The van der Waals surface area contributed by atoms with E-state index < -0.39 is 27.1 Å². The van der Waals surface area contributed by atoms with Crippen LogP contribution in [0.2, 0.25) is 0 Å². The van der Waals surface area contributed by atoms with Crippen molar-refractivity contribution in [1.29, 1.82) is 0 Å². The molecular formula is C12H15F3O3S. The highest BCUT2D eigenvalue weighted by molar-refractivity contribution is 7.87. The quantitative estimate of drug-likeness (QED) is 0.781. The maximum Gasteiger partial charge on any atom is 0.416 e. The Balaban J connectivity index is 2.92. The molecule has 0 saturated heterocycles. The number of rotatable bonds is 5. The SMILES string of the molecule is CCCOS(=O)(=O)C(C)c1ccc(C(F)(F)F)cc1. The highest BCUT2D eigenvalue weighted by atomic mass is 32.2. The molecule has 0 aliphatic carbocycles. The van der Waals surface area contributed by atoms with Gasteiger partial charge in [-0.2, -0.15) is 21.6 Å². The molecule has 0 fully saturated rings. The average molecular weight is 296 g/mol. The lowest BCUT2D eigenvalue weighted by Crippen LogP contribution is -2.14. The third-order valence-corrected chi connectivity index (χ3v) is 4.23. The number of hydrogen-bond donors (Lipinski definition) is 0. The molecule has 3 nitrogen and oxygen atoms in total. The Kier molecular flexibility index (Phi) is 4.98. The summed E-state index contributed by atoms with van der Waals surface area (Å²) in [5, 5.41) is -0.999. The second kappa shape index (κ2) is 5.92. The number of alkyl halides is 3. The summed E-state index contributed by atoms with van der Waals surface area (Å²) in [5.74, 6) is 0. The predicted molar refractivity (Wildman–Crippen MR) is 65.0 cm³/mol. The van der Waals surface area contributed by atoms with Crippen LogP contribution in [0.25, 0.3) is 0 Å². The van der Waals surface area contributed by atoms with Crippen molar-refractivity contribution in [2.75, 3.05) is 6.61 Å². The first kappa shape index (κ1) is 16.0. The van der Waals surface area contributed by atoms with E-state index in [1.54, 1.807) is 6.92 Å². The van der Waals surface area contributed by atoms with Gasteiger partial charge >= 0.3 is 6.18 Å². The van der Waals surface area contributed by atoms with E-state index in [0.717, 1.165) is 24.3 Å². The van der Waals surface area contributed by atoms with E-state index in [-0.39, 0.29) is 12.2 Å². The van der Waals surface area contributed by atoms with Crippen molar-refractivity contribution in [3.8, 4) is 0 Å². The second-order valence-corrected chi connectivity index (χ2v) is 6.01. The van der Waals surface area contributed by atoms with Crippen molar-refractivity contribution in [2.24, 2.45) is 0 Å². The summed E-state index contributed by atoms with van der Waals surface area (Å²) in [6, 6.07) is 4.03. The molecule has 0 aromatic heterocycles. The normalized spacial score (nSPS) is 14.4. The van der Waals surface area contributed by atoms with Gasteiger partial charge in [0.25, 0.3) is 10.1 Å². The van der Waals surface area contributed by atoms with Gasteiger partial charge in [0.15, 0.2) is 0 Å². The summed E-state index contributed by atoms with van der Waals surface area (Å²) in [6.45, 7) is 3.21. The first-order valence-electron chi connectivity index (χ1n) is 5.74. The Morgan fingerprint density at radius 2 is 1.74 bits per heavy atom. The standard InChI is InChI=1S/C12H15F3O3S/c1-3-8-18-19(16,17)9(2)10-4-6-11(7-5-10)12(13,14)15/h4-7,9H,3,8H2,1-2H3. The first-order chi connectivity index (χ1) is 8.68. The van der Waals surface area contributed by atoms with Crippen LogP contribution in [-0.2, 0) is 20.5 Å². The van der Waals surface area contributed by atoms with Gasteiger partial charge in [0.2, 0.25) is 0 Å². The fraction of sp³-hybridized carbons (Fsp3) is 0.500. The van der Waals surface area contributed by atoms with Crippen molar-refractivity contribution in [1.82, 2.24) is 0 Å². The van der Waals surface area contributed by atoms with Crippen molar-refractivity contribution >= 4 is 10.1 Å². The van der Waals surface area contributed by atoms with Crippen LogP contribution >= 0.6 is 0 Å². The van der Waals surface area contributed by atoms with E-state index in [4.69, 9.17) is 4.18 Å². The van der Waals surface area contributed by atoms with Gasteiger partial charge in [-0.05, 0) is 31.0 Å². The molecule has 1 unspecified atom stereocenters. The number of benzene rings is 1. The molecule has 19 heavy (non-hydrogen) atoms. The summed E-state index contributed by atoms with van der Waals surface area (Å²) >= 11 is 0. The van der Waals surface area contributed by atoms with Crippen molar-refractivity contribution in [3.63, 3.8) is 0 Å². The molecule has 0 bridgehead atoms. The van der Waals surface area contributed by atoms with Crippen LogP contribution in [0.4, 0.5) is 13.2 Å². The minimum atomic E-state index is -4.43. The fourth-order valence-corrected chi connectivity index (χ4v) is 2.50. The molecule has 1 atom stereocenters. The molecule has 0 amide bonds. The molecule has 1 aromatic carbocycles. The van der Waals surface area contributed by atoms with E-state index in [0.29, 0.717) is 6.42 Å². The minimum Gasteiger partial charge on any atom is -0.270 e. The maximum atomic E-state index is 12.4. The summed E-state index contributed by atoms with van der Waals surface area (Å²) in [7, 11) is -3.81. The minimum absolute atomic E-state index is 0.0628. The van der Waals surface area contributed by atoms with Crippen LogP contribution in [0, 0.1) is 0 Å². The lowest BCUT2D eigenvalue weighted by atomic mass is 10.1. The Bertz CT molecular complexity index is 506. The molecule has 7 heteroatoms. The van der Waals surface area contributed by atoms with E-state index in [1.165, 1.54) is 6.92 Å². The lowest BCUT2D eigenvalue weighted by Gasteiger charge is -2.14. The average Bonchev–Trinajstić information content (AvgIpc) is 2.34. The third-order valence-electron chi connectivity index (χ3n) is 2.59. The zero-order chi connectivity index (χ0) is 14.7. The van der Waals surface area contributed by atoms with Crippen LogP contribution in [0.15, 0.2) is 24.3 Å². The number of halogens is 3. The molecule has 1 rings (SSSR count). The zero-order valence-corrected chi connectivity index (χ0v) is 11.4. The van der Waals surface area contributed by atoms with Gasteiger partial charge in [0.05, 0.1) is 12.2 Å². The summed E-state index contributed by atoms with van der Waals surface area (Å²) in [4.78, 5) is 0. The van der Waals surface area contributed by atoms with E-state index in [1.807, 2.05) is 0 Å².